The molecule has 154 valence electrons. The second kappa shape index (κ2) is 7.64. The highest BCUT2D eigenvalue weighted by Gasteiger charge is 2.27. The molecule has 29 heavy (non-hydrogen) atoms. The van der Waals surface area contributed by atoms with Gasteiger partial charge in [-0.15, -0.1) is 0 Å². The van der Waals surface area contributed by atoms with E-state index in [4.69, 9.17) is 9.15 Å². The van der Waals surface area contributed by atoms with E-state index in [0.717, 1.165) is 18.4 Å². The van der Waals surface area contributed by atoms with Crippen LogP contribution < -0.4 is 15.2 Å². The third-order valence-corrected chi connectivity index (χ3v) is 6.76. The van der Waals surface area contributed by atoms with E-state index in [9.17, 15) is 13.2 Å². The molecule has 0 bridgehead atoms. The van der Waals surface area contributed by atoms with Crippen molar-refractivity contribution in [3.05, 3.63) is 52.6 Å². The molecule has 0 atom stereocenters. The van der Waals surface area contributed by atoms with Gasteiger partial charge in [-0.25, -0.2) is 22.9 Å². The molecule has 0 amide bonds. The maximum absolute atomic E-state index is 12.8. The number of oxazole rings is 1. The van der Waals surface area contributed by atoms with Gasteiger partial charge < -0.3 is 9.15 Å². The summed E-state index contributed by atoms with van der Waals surface area (Å²) in [5, 5.41) is 0. The minimum atomic E-state index is -3.70. The number of hydrogen-bond donors (Lipinski definition) is 1. The fraction of sp³-hybridized carbons (Fsp3) is 0.400. The Kier molecular flexibility index (Phi) is 5.18. The molecule has 2 heterocycles. The summed E-state index contributed by atoms with van der Waals surface area (Å²) in [5.41, 5.74) is 1.88. The Bertz CT molecular complexity index is 1170. The zero-order chi connectivity index (χ0) is 20.6. The highest BCUT2D eigenvalue weighted by Crippen LogP contribution is 2.25. The Labute approximate surface area is 168 Å². The fourth-order valence-electron chi connectivity index (χ4n) is 3.55. The number of sulfonamides is 1. The molecule has 3 aromatic rings. The van der Waals surface area contributed by atoms with Gasteiger partial charge in [-0.3, -0.25) is 4.57 Å². The van der Waals surface area contributed by atoms with Crippen LogP contribution in [0.25, 0.3) is 11.1 Å². The van der Waals surface area contributed by atoms with Gasteiger partial charge in [0.2, 0.25) is 15.9 Å². The molecule has 0 unspecified atom stereocenters. The minimum Gasteiger partial charge on any atom is -0.474 e. The molecule has 1 aliphatic rings. The van der Waals surface area contributed by atoms with Crippen LogP contribution in [0, 0.1) is 6.92 Å². The van der Waals surface area contributed by atoms with Gasteiger partial charge in [-0.05, 0) is 56.4 Å². The Balaban J connectivity index is 1.40. The minimum absolute atomic E-state index is 0.0303. The molecule has 1 N–H and O–H groups in total. The molecular formula is C20H23N3O5S. The lowest BCUT2D eigenvalue weighted by Gasteiger charge is -2.29. The van der Waals surface area contributed by atoms with Crippen LogP contribution in [0.1, 0.15) is 31.2 Å². The van der Waals surface area contributed by atoms with Gasteiger partial charge in [0.05, 0.1) is 10.4 Å². The van der Waals surface area contributed by atoms with Crippen LogP contribution in [0.2, 0.25) is 0 Å². The van der Waals surface area contributed by atoms with Crippen LogP contribution >= 0.6 is 0 Å². The first kappa shape index (κ1) is 19.7. The van der Waals surface area contributed by atoms with E-state index in [0.29, 0.717) is 29.8 Å². The predicted octanol–water partition coefficient (Wildman–Crippen LogP) is 2.50. The van der Waals surface area contributed by atoms with E-state index in [-0.39, 0.29) is 17.0 Å². The molecule has 1 aromatic carbocycles. The number of aromatic nitrogens is 2. The van der Waals surface area contributed by atoms with Crippen molar-refractivity contribution < 1.29 is 17.6 Å². The summed E-state index contributed by atoms with van der Waals surface area (Å²) in [5.74, 6) is 0.0718. The molecule has 0 aliphatic heterocycles. The van der Waals surface area contributed by atoms with E-state index in [2.05, 4.69) is 9.71 Å². The van der Waals surface area contributed by atoms with Crippen LogP contribution in [0.3, 0.4) is 0 Å². The molecule has 1 fully saturated rings. The number of nitrogens with one attached hydrogen (secondary N) is 1. The Morgan fingerprint density at radius 2 is 1.93 bits per heavy atom. The van der Waals surface area contributed by atoms with E-state index in [1.807, 2.05) is 19.1 Å². The van der Waals surface area contributed by atoms with Gasteiger partial charge in [-0.2, -0.15) is 0 Å². The first-order chi connectivity index (χ1) is 13.8. The van der Waals surface area contributed by atoms with Gasteiger partial charge in [-0.1, -0.05) is 6.07 Å². The summed E-state index contributed by atoms with van der Waals surface area (Å²) < 4.78 is 40.6. The molecule has 4 rings (SSSR count). The molecule has 9 heteroatoms. The maximum Gasteiger partial charge on any atom is 0.419 e. The average Bonchev–Trinajstić information content (AvgIpc) is 2.98. The molecule has 2 aromatic heterocycles. The molecule has 0 radical (unpaired) electrons. The highest BCUT2D eigenvalue weighted by molar-refractivity contribution is 7.89. The highest BCUT2D eigenvalue weighted by atomic mass is 32.2. The third kappa shape index (κ3) is 4.20. The first-order valence-electron chi connectivity index (χ1n) is 9.53. The number of pyridine rings is 1. The summed E-state index contributed by atoms with van der Waals surface area (Å²) in [7, 11) is -2.16. The lowest BCUT2D eigenvalue weighted by molar-refractivity contribution is 0.138. The Hall–Kier alpha value is -2.65. The van der Waals surface area contributed by atoms with Crippen molar-refractivity contribution in [2.24, 2.45) is 7.05 Å². The molecular weight excluding hydrogens is 394 g/mol. The van der Waals surface area contributed by atoms with Gasteiger partial charge in [0.1, 0.15) is 6.10 Å². The number of rotatable bonds is 5. The third-order valence-electron chi connectivity index (χ3n) is 5.24. The second-order valence-electron chi connectivity index (χ2n) is 7.44. The van der Waals surface area contributed by atoms with E-state index < -0.39 is 15.8 Å². The topological polar surface area (TPSA) is 103 Å². The van der Waals surface area contributed by atoms with Crippen molar-refractivity contribution in [1.29, 1.82) is 0 Å². The second-order valence-corrected chi connectivity index (χ2v) is 9.16. The van der Waals surface area contributed by atoms with Crippen molar-refractivity contribution in [3.8, 4) is 5.88 Å². The number of fused-ring (bicyclic) bond motifs is 1. The number of ether oxygens (including phenoxy) is 1. The molecule has 1 aliphatic carbocycles. The predicted molar refractivity (Wildman–Crippen MR) is 107 cm³/mol. The summed E-state index contributed by atoms with van der Waals surface area (Å²) in [6.45, 7) is 1.97. The van der Waals surface area contributed by atoms with Crippen molar-refractivity contribution >= 4 is 21.1 Å². The maximum atomic E-state index is 12.8. The van der Waals surface area contributed by atoms with E-state index in [1.54, 1.807) is 13.2 Å². The fourth-order valence-corrected chi connectivity index (χ4v) is 4.88. The smallest absolute Gasteiger partial charge is 0.419 e. The average molecular weight is 417 g/mol. The summed E-state index contributed by atoms with van der Waals surface area (Å²) in [6, 6.07) is 8.06. The first-order valence-corrected chi connectivity index (χ1v) is 11.0. The molecule has 0 saturated heterocycles. The largest absolute Gasteiger partial charge is 0.474 e. The van der Waals surface area contributed by atoms with E-state index >= 15 is 0 Å². The monoisotopic (exact) mass is 417 g/mol. The summed E-state index contributed by atoms with van der Waals surface area (Å²) in [6.07, 6.45) is 4.66. The zero-order valence-corrected chi connectivity index (χ0v) is 17.1. The van der Waals surface area contributed by atoms with Crippen molar-refractivity contribution in [3.63, 3.8) is 0 Å². The van der Waals surface area contributed by atoms with Crippen LogP contribution in [0.4, 0.5) is 0 Å². The number of nitrogens with zero attached hydrogens (tertiary/aromatic N) is 2. The number of hydrogen-bond acceptors (Lipinski definition) is 6. The SMILES string of the molecule is Cc1ccc(OC2CCC(NS(=O)(=O)c3ccc4oc(=O)n(C)c4c3)CC2)nc1. The van der Waals surface area contributed by atoms with Crippen molar-refractivity contribution in [2.75, 3.05) is 0 Å². The van der Waals surface area contributed by atoms with Gasteiger partial charge in [0.25, 0.3) is 0 Å². The van der Waals surface area contributed by atoms with Crippen LogP contribution in [0.5, 0.6) is 5.88 Å². The van der Waals surface area contributed by atoms with Crippen LogP contribution in [0.15, 0.2) is 50.6 Å². The van der Waals surface area contributed by atoms with Crippen molar-refractivity contribution in [2.45, 2.75) is 49.6 Å². The molecule has 1 saturated carbocycles. The lowest BCUT2D eigenvalue weighted by Crippen LogP contribution is -2.39. The van der Waals surface area contributed by atoms with Gasteiger partial charge in [0, 0.05) is 25.4 Å². The standard InChI is InChI=1S/C20H23N3O5S/c1-13-3-10-19(21-12-13)27-15-6-4-14(5-7-15)22-29(25,26)16-8-9-18-17(11-16)23(2)20(24)28-18/h3,8-12,14-15,22H,4-7H2,1-2H3. The normalized spacial score (nSPS) is 20.1. The number of aryl methyl sites for hydroxylation is 2. The lowest BCUT2D eigenvalue weighted by atomic mass is 9.94. The Morgan fingerprint density at radius 1 is 1.17 bits per heavy atom. The zero-order valence-electron chi connectivity index (χ0n) is 16.3. The number of benzene rings is 1. The summed E-state index contributed by atoms with van der Waals surface area (Å²) >= 11 is 0. The molecule has 0 spiro atoms. The van der Waals surface area contributed by atoms with Crippen LogP contribution in [-0.4, -0.2) is 30.1 Å². The van der Waals surface area contributed by atoms with Crippen LogP contribution in [-0.2, 0) is 17.1 Å². The summed E-state index contributed by atoms with van der Waals surface area (Å²) in [4.78, 5) is 16.0. The van der Waals surface area contributed by atoms with Gasteiger partial charge >= 0.3 is 5.76 Å². The Morgan fingerprint density at radius 3 is 2.62 bits per heavy atom. The van der Waals surface area contributed by atoms with Crippen molar-refractivity contribution in [1.82, 2.24) is 14.3 Å². The molecule has 8 nitrogen and oxygen atoms in total. The van der Waals surface area contributed by atoms with E-state index in [1.165, 1.54) is 22.8 Å². The quantitative estimate of drug-likeness (QED) is 0.684. The van der Waals surface area contributed by atoms with Gasteiger partial charge in [0.15, 0.2) is 5.58 Å².